The number of aliphatic hydroxyl groups is 1. The van der Waals surface area contributed by atoms with Crippen molar-refractivity contribution in [1.29, 1.82) is 0 Å². The second-order valence-corrected chi connectivity index (χ2v) is 9.45. The van der Waals surface area contributed by atoms with Crippen molar-refractivity contribution in [2.45, 2.75) is 33.2 Å². The second kappa shape index (κ2) is 12.2. The molecule has 3 rings (SSSR count). The van der Waals surface area contributed by atoms with E-state index in [1.165, 1.54) is 26.2 Å². The van der Waals surface area contributed by atoms with Gasteiger partial charge in [0.05, 0.1) is 39.6 Å². The molecule has 1 saturated heterocycles. The van der Waals surface area contributed by atoms with E-state index in [2.05, 4.69) is 4.98 Å². The summed E-state index contributed by atoms with van der Waals surface area (Å²) in [5, 5.41) is 11.6. The molecule has 2 heterocycles. The summed E-state index contributed by atoms with van der Waals surface area (Å²) < 4.78 is 21.6. The van der Waals surface area contributed by atoms with Crippen molar-refractivity contribution < 1.29 is 38.4 Å². The molecule has 1 aliphatic rings. The molecule has 1 aromatic carbocycles. The third-order valence-corrected chi connectivity index (χ3v) is 6.70. The lowest BCUT2D eigenvalue weighted by Gasteiger charge is -2.27. The monoisotopic (exact) mass is 543 g/mol. The van der Waals surface area contributed by atoms with Crippen molar-refractivity contribution >= 4 is 23.4 Å². The van der Waals surface area contributed by atoms with Gasteiger partial charge in [-0.2, -0.15) is 0 Å². The number of likely N-dealkylation sites (tertiary alicyclic amines) is 1. The van der Waals surface area contributed by atoms with Crippen LogP contribution < -0.4 is 14.2 Å². The number of ketones is 1. The number of carbonyl (C=O) groups excluding carboxylic acids is 3. The molecule has 1 amide bonds. The SMILES string of the molecule is CCOC(=O)c1[nH]c(C)c(C(O)=C2C(=O)C(=O)N(CCCN(C)C)[C@H]2c2cc(OC)c(OC)c(OC)c2)c1C. The lowest BCUT2D eigenvalue weighted by Crippen LogP contribution is -2.32. The van der Waals surface area contributed by atoms with E-state index >= 15 is 0 Å². The highest BCUT2D eigenvalue weighted by Crippen LogP contribution is 2.46. The van der Waals surface area contributed by atoms with Gasteiger partial charge in [0.15, 0.2) is 11.5 Å². The number of aryl methyl sites for hydroxylation is 1. The second-order valence-electron chi connectivity index (χ2n) is 9.45. The Morgan fingerprint density at radius 1 is 1.08 bits per heavy atom. The van der Waals surface area contributed by atoms with E-state index in [0.29, 0.717) is 47.0 Å². The minimum Gasteiger partial charge on any atom is -0.507 e. The molecule has 1 aromatic heterocycles. The van der Waals surface area contributed by atoms with E-state index in [1.54, 1.807) is 32.9 Å². The van der Waals surface area contributed by atoms with Crippen molar-refractivity contribution in [3.8, 4) is 17.2 Å². The van der Waals surface area contributed by atoms with Crippen LogP contribution in [0.25, 0.3) is 5.76 Å². The van der Waals surface area contributed by atoms with Gasteiger partial charge in [0.1, 0.15) is 11.5 Å². The summed E-state index contributed by atoms with van der Waals surface area (Å²) in [6.45, 7) is 6.14. The fourth-order valence-corrected chi connectivity index (χ4v) is 4.92. The first-order chi connectivity index (χ1) is 18.5. The van der Waals surface area contributed by atoms with E-state index < -0.39 is 23.7 Å². The number of nitrogens with one attached hydrogen (secondary N) is 1. The van der Waals surface area contributed by atoms with E-state index in [1.807, 2.05) is 19.0 Å². The van der Waals surface area contributed by atoms with Crippen molar-refractivity contribution in [2.24, 2.45) is 0 Å². The van der Waals surface area contributed by atoms with Crippen LogP contribution >= 0.6 is 0 Å². The zero-order chi connectivity index (χ0) is 29.0. The van der Waals surface area contributed by atoms with Crippen LogP contribution in [-0.2, 0) is 14.3 Å². The van der Waals surface area contributed by atoms with Crippen LogP contribution in [0, 0.1) is 13.8 Å². The molecular weight excluding hydrogens is 506 g/mol. The number of hydrogen-bond acceptors (Lipinski definition) is 9. The van der Waals surface area contributed by atoms with Gasteiger partial charge in [-0.05, 0) is 71.1 Å². The Kier molecular flexibility index (Phi) is 9.28. The molecule has 0 spiro atoms. The quantitative estimate of drug-likeness (QED) is 0.190. The normalized spacial score (nSPS) is 16.6. The summed E-state index contributed by atoms with van der Waals surface area (Å²) >= 11 is 0. The van der Waals surface area contributed by atoms with Gasteiger partial charge in [-0.25, -0.2) is 4.79 Å². The Morgan fingerprint density at radius 2 is 1.69 bits per heavy atom. The van der Waals surface area contributed by atoms with Crippen LogP contribution in [0.2, 0.25) is 0 Å². The number of esters is 1. The number of hydrogen-bond donors (Lipinski definition) is 2. The number of nitrogens with zero attached hydrogens (tertiary/aromatic N) is 2. The summed E-state index contributed by atoms with van der Waals surface area (Å²) in [6.07, 6.45) is 0.593. The number of methoxy groups -OCH3 is 3. The van der Waals surface area contributed by atoms with Gasteiger partial charge in [0, 0.05) is 17.8 Å². The predicted molar refractivity (Wildman–Crippen MR) is 145 cm³/mol. The number of Topliss-reactive ketones (excluding diaryl/α,β-unsaturated/α-hetero) is 1. The Balaban J connectivity index is 2.28. The number of rotatable bonds is 11. The number of benzene rings is 1. The summed E-state index contributed by atoms with van der Waals surface area (Å²) in [5.41, 5.74) is 1.69. The molecule has 39 heavy (non-hydrogen) atoms. The van der Waals surface area contributed by atoms with Gasteiger partial charge in [0.2, 0.25) is 5.75 Å². The third kappa shape index (κ3) is 5.58. The standard InChI is InChI=1S/C28H37N3O8/c1-9-39-28(35)22-15(2)20(16(3)29-22)24(32)21-23(31(27(34)25(21)33)12-10-11-30(4)5)17-13-18(36-6)26(38-8)19(14-17)37-7/h13-14,23,29,32H,9-12H2,1-8H3/t23-/m0/s1. The molecule has 0 saturated carbocycles. The van der Waals surface area contributed by atoms with E-state index in [-0.39, 0.29) is 35.7 Å². The molecule has 11 nitrogen and oxygen atoms in total. The molecule has 1 aliphatic heterocycles. The van der Waals surface area contributed by atoms with E-state index in [0.717, 1.165) is 0 Å². The molecule has 1 atom stereocenters. The Bertz CT molecular complexity index is 1270. The van der Waals surface area contributed by atoms with Gasteiger partial charge < -0.3 is 38.8 Å². The van der Waals surface area contributed by atoms with Crippen molar-refractivity contribution in [3.05, 3.63) is 45.8 Å². The summed E-state index contributed by atoms with van der Waals surface area (Å²) in [5.74, 6) is -1.50. The molecule has 0 aliphatic carbocycles. The molecule has 2 aromatic rings. The van der Waals surface area contributed by atoms with Gasteiger partial charge in [-0.1, -0.05) is 0 Å². The zero-order valence-corrected chi connectivity index (χ0v) is 23.8. The summed E-state index contributed by atoms with van der Waals surface area (Å²) in [6, 6.07) is 2.37. The van der Waals surface area contributed by atoms with Crippen LogP contribution in [0.15, 0.2) is 17.7 Å². The largest absolute Gasteiger partial charge is 0.507 e. The maximum Gasteiger partial charge on any atom is 0.355 e. The fraction of sp³-hybridized carbons (Fsp3) is 0.464. The van der Waals surface area contributed by atoms with Crippen molar-refractivity contribution in [1.82, 2.24) is 14.8 Å². The number of ether oxygens (including phenoxy) is 4. The highest BCUT2D eigenvalue weighted by molar-refractivity contribution is 6.46. The maximum absolute atomic E-state index is 13.5. The summed E-state index contributed by atoms with van der Waals surface area (Å²) in [7, 11) is 8.26. The predicted octanol–water partition coefficient (Wildman–Crippen LogP) is 3.21. The number of aromatic nitrogens is 1. The lowest BCUT2D eigenvalue weighted by atomic mass is 9.93. The lowest BCUT2D eigenvalue weighted by molar-refractivity contribution is -0.139. The molecule has 1 fully saturated rings. The minimum atomic E-state index is -0.944. The Labute approximate surface area is 228 Å². The van der Waals surface area contributed by atoms with Crippen LogP contribution in [0.1, 0.15) is 52.3 Å². The van der Waals surface area contributed by atoms with Gasteiger partial charge in [0.25, 0.3) is 11.7 Å². The Morgan fingerprint density at radius 3 is 2.21 bits per heavy atom. The molecule has 0 unspecified atom stereocenters. The first-order valence-corrected chi connectivity index (χ1v) is 12.6. The number of amides is 1. The average Bonchev–Trinajstić information content (AvgIpc) is 3.34. The van der Waals surface area contributed by atoms with E-state index in [4.69, 9.17) is 18.9 Å². The zero-order valence-electron chi connectivity index (χ0n) is 23.8. The highest BCUT2D eigenvalue weighted by Gasteiger charge is 2.47. The smallest absolute Gasteiger partial charge is 0.355 e. The first-order valence-electron chi connectivity index (χ1n) is 12.6. The van der Waals surface area contributed by atoms with Crippen LogP contribution in [0.4, 0.5) is 0 Å². The summed E-state index contributed by atoms with van der Waals surface area (Å²) in [4.78, 5) is 45.7. The molecule has 2 N–H and O–H groups in total. The van der Waals surface area contributed by atoms with Gasteiger partial charge >= 0.3 is 5.97 Å². The number of carbonyl (C=O) groups is 3. The van der Waals surface area contributed by atoms with Crippen LogP contribution in [0.5, 0.6) is 17.2 Å². The number of aliphatic hydroxyl groups excluding tert-OH is 1. The third-order valence-electron chi connectivity index (χ3n) is 6.70. The van der Waals surface area contributed by atoms with Gasteiger partial charge in [-0.15, -0.1) is 0 Å². The Hall–Kier alpha value is -3.99. The molecular formula is C28H37N3O8. The minimum absolute atomic E-state index is 0.0975. The topological polar surface area (TPSA) is 131 Å². The molecule has 0 bridgehead atoms. The highest BCUT2D eigenvalue weighted by atomic mass is 16.5. The maximum atomic E-state index is 13.5. The molecule has 0 radical (unpaired) electrons. The van der Waals surface area contributed by atoms with Crippen LogP contribution in [-0.4, -0.2) is 92.7 Å². The average molecular weight is 544 g/mol. The first kappa shape index (κ1) is 29.6. The number of H-pyrrole nitrogens is 1. The molecule has 212 valence electrons. The van der Waals surface area contributed by atoms with Crippen LogP contribution in [0.3, 0.4) is 0 Å². The molecule has 11 heteroatoms. The van der Waals surface area contributed by atoms with Crippen molar-refractivity contribution in [2.75, 3.05) is 55.1 Å². The number of aromatic amines is 1. The fourth-order valence-electron chi connectivity index (χ4n) is 4.92. The van der Waals surface area contributed by atoms with Gasteiger partial charge in [-0.3, -0.25) is 9.59 Å². The van der Waals surface area contributed by atoms with Crippen molar-refractivity contribution in [3.63, 3.8) is 0 Å². The van der Waals surface area contributed by atoms with E-state index in [9.17, 15) is 19.5 Å².